The van der Waals surface area contributed by atoms with E-state index in [0.717, 1.165) is 39.5 Å². The maximum Gasteiger partial charge on any atom is 0.179 e. The predicted octanol–water partition coefficient (Wildman–Crippen LogP) is 17.1. The molecule has 0 aliphatic heterocycles. The van der Waals surface area contributed by atoms with Crippen molar-refractivity contribution in [3.05, 3.63) is 376 Å². The van der Waals surface area contributed by atoms with Crippen LogP contribution in [0.1, 0.15) is 0 Å². The molecule has 0 unspecified atom stereocenters. The van der Waals surface area contributed by atoms with Gasteiger partial charge in [0, 0.05) is 33.5 Å². The summed E-state index contributed by atoms with van der Waals surface area (Å²) in [6, 6.07) is 141. The number of nitrogens with zero attached hydrogens (tertiary/aromatic N) is 2. The van der Waals surface area contributed by atoms with Gasteiger partial charge in [0.25, 0.3) is 0 Å². The van der Waals surface area contributed by atoms with Crippen LogP contribution in [-0.2, 0) is 0 Å². The zero-order valence-electron chi connectivity index (χ0n) is 49.7. The Morgan fingerprint density at radius 2 is 0.433 bits per heavy atom. The summed E-state index contributed by atoms with van der Waals surface area (Å²) in [4.78, 5) is 4.99. The van der Waals surface area contributed by atoms with Crippen molar-refractivity contribution in [3.8, 4) is 0 Å². The van der Waals surface area contributed by atoms with Crippen LogP contribution in [0, 0.1) is 0 Å². The van der Waals surface area contributed by atoms with Gasteiger partial charge in [0.1, 0.15) is 0 Å². The largest absolute Gasteiger partial charge is 0.310 e. The molecule has 0 saturated heterocycles. The van der Waals surface area contributed by atoms with Crippen molar-refractivity contribution >= 4 is 146 Å². The molecule has 0 radical (unpaired) electrons. The summed E-state index contributed by atoms with van der Waals surface area (Å²) in [5.41, 5.74) is 6.57. The molecule has 16 rings (SSSR count). The molecular formula is C86H62N2Si2. The van der Waals surface area contributed by atoms with E-state index < -0.39 is 16.1 Å². The average molecular weight is 1180 g/mol. The minimum atomic E-state index is -2.82. The first kappa shape index (κ1) is 54.3. The molecule has 0 saturated carbocycles. The molecule has 0 spiro atoms. The van der Waals surface area contributed by atoms with Gasteiger partial charge in [-0.1, -0.05) is 315 Å². The molecule has 4 heteroatoms. The van der Waals surface area contributed by atoms with Crippen LogP contribution >= 0.6 is 0 Å². The van der Waals surface area contributed by atoms with Crippen LogP contribution in [0.15, 0.2) is 376 Å². The van der Waals surface area contributed by atoms with Crippen LogP contribution in [0.2, 0.25) is 0 Å². The second kappa shape index (κ2) is 23.2. The van der Waals surface area contributed by atoms with Crippen molar-refractivity contribution in [2.45, 2.75) is 0 Å². The molecular weight excluding hydrogens is 1120 g/mol. The van der Waals surface area contributed by atoms with Crippen molar-refractivity contribution in [2.24, 2.45) is 0 Å². The molecule has 0 bridgehead atoms. The molecule has 0 amide bonds. The van der Waals surface area contributed by atoms with Gasteiger partial charge in [0.15, 0.2) is 16.1 Å². The number of benzene rings is 16. The first-order chi connectivity index (χ1) is 44.6. The Balaban J connectivity index is 0.903. The summed E-state index contributed by atoms with van der Waals surface area (Å²) in [5, 5.41) is 22.7. The lowest BCUT2D eigenvalue weighted by Crippen LogP contribution is -2.74. The fraction of sp³-hybridized carbons (Fsp3) is 0. The summed E-state index contributed by atoms with van der Waals surface area (Å²) in [7, 11) is -5.62. The highest BCUT2D eigenvalue weighted by molar-refractivity contribution is 7.20. The van der Waals surface area contributed by atoms with E-state index in [1.54, 1.807) is 0 Å². The third-order valence-electron chi connectivity index (χ3n) is 18.7. The van der Waals surface area contributed by atoms with E-state index in [2.05, 4.69) is 386 Å². The van der Waals surface area contributed by atoms with Gasteiger partial charge >= 0.3 is 0 Å². The highest BCUT2D eigenvalue weighted by atomic mass is 28.3. The van der Waals surface area contributed by atoms with Gasteiger partial charge in [-0.15, -0.1) is 0 Å². The summed E-state index contributed by atoms with van der Waals surface area (Å²) in [5.74, 6) is 0. The third-order valence-corrected chi connectivity index (χ3v) is 28.3. The number of fused-ring (bicyclic) bond motifs is 7. The van der Waals surface area contributed by atoms with Crippen LogP contribution in [0.3, 0.4) is 0 Å². The van der Waals surface area contributed by atoms with Crippen molar-refractivity contribution in [1.82, 2.24) is 0 Å². The second-order valence-corrected chi connectivity index (χ2v) is 31.1. The van der Waals surface area contributed by atoms with Crippen LogP contribution in [0.4, 0.5) is 34.1 Å². The van der Waals surface area contributed by atoms with Crippen LogP contribution in [-0.4, -0.2) is 16.1 Å². The minimum absolute atomic E-state index is 1.08. The quantitative estimate of drug-likeness (QED) is 0.0608. The number of hydrogen-bond acceptors (Lipinski definition) is 2. The van der Waals surface area contributed by atoms with E-state index in [1.165, 1.54) is 90.0 Å². The lowest BCUT2D eigenvalue weighted by atomic mass is 9.94. The molecule has 0 fully saturated rings. The Kier molecular flexibility index (Phi) is 14.0. The predicted molar refractivity (Wildman–Crippen MR) is 391 cm³/mol. The topological polar surface area (TPSA) is 6.48 Å². The molecule has 16 aromatic carbocycles. The van der Waals surface area contributed by atoms with Crippen LogP contribution in [0.5, 0.6) is 0 Å². The molecule has 0 N–H and O–H groups in total. The SMILES string of the molecule is c1ccc([Si](c2ccccc2)(c2ccccc2)c2ccc(N(c3ccc4ccccc4c3)c3cc4c5cccc(N(c6ccc([Si](c7ccccc7)(c7ccccc7)c7ccccc7)cc6)c6ccc7ccccc7c6)c5ccc4c4ccccc34)cc2)cc1. The highest BCUT2D eigenvalue weighted by Crippen LogP contribution is 2.47. The fourth-order valence-corrected chi connectivity index (χ4v) is 24.1. The standard InChI is InChI=1S/C86H62N2Si2/c1-7-30-71(31-8-1)89(72-32-9-2-10-33-72,73-34-11-3-12-35-73)77-54-50-67(51-55-77)87(69-48-46-63-26-19-21-28-65(63)60-69)85-45-25-44-80-83(85)59-58-81-79-42-23-24-43-82(79)86(62-84(80)81)88(70-49-47-64-27-20-22-29-66(64)61-70)68-52-56-78(57-53-68)90(74-36-13-4-14-37-74,75-38-15-5-16-39-75)76-40-17-6-18-41-76/h1-62H. The second-order valence-electron chi connectivity index (χ2n) is 23.5. The Hall–Kier alpha value is -11.1. The molecule has 2 nitrogen and oxygen atoms in total. The van der Waals surface area contributed by atoms with E-state index in [0.29, 0.717) is 0 Å². The van der Waals surface area contributed by atoms with Gasteiger partial charge in [-0.25, -0.2) is 0 Å². The molecule has 90 heavy (non-hydrogen) atoms. The summed E-state index contributed by atoms with van der Waals surface area (Å²) >= 11 is 0. The van der Waals surface area contributed by atoms with Crippen molar-refractivity contribution in [3.63, 3.8) is 0 Å². The third kappa shape index (κ3) is 9.23. The van der Waals surface area contributed by atoms with Crippen molar-refractivity contribution in [1.29, 1.82) is 0 Å². The van der Waals surface area contributed by atoms with E-state index >= 15 is 0 Å². The number of hydrogen-bond donors (Lipinski definition) is 0. The van der Waals surface area contributed by atoms with Gasteiger partial charge in [-0.05, 0) is 145 Å². The minimum Gasteiger partial charge on any atom is -0.310 e. The zero-order valence-corrected chi connectivity index (χ0v) is 51.7. The number of anilines is 6. The first-order valence-corrected chi connectivity index (χ1v) is 35.1. The molecule has 424 valence electrons. The Morgan fingerprint density at radius 1 is 0.156 bits per heavy atom. The molecule has 16 aromatic rings. The molecule has 0 aliphatic carbocycles. The van der Waals surface area contributed by atoms with E-state index in [-0.39, 0.29) is 0 Å². The molecule has 0 atom stereocenters. The van der Waals surface area contributed by atoms with Gasteiger partial charge in [0.05, 0.1) is 11.4 Å². The summed E-state index contributed by atoms with van der Waals surface area (Å²) in [6.07, 6.45) is 0. The highest BCUT2D eigenvalue weighted by Gasteiger charge is 2.43. The van der Waals surface area contributed by atoms with Crippen molar-refractivity contribution in [2.75, 3.05) is 9.80 Å². The molecule has 0 heterocycles. The summed E-state index contributed by atoms with van der Waals surface area (Å²) in [6.45, 7) is 0. The van der Waals surface area contributed by atoms with Crippen LogP contribution < -0.4 is 51.3 Å². The lowest BCUT2D eigenvalue weighted by Gasteiger charge is -2.35. The van der Waals surface area contributed by atoms with Crippen molar-refractivity contribution < 1.29 is 0 Å². The maximum absolute atomic E-state index is 2.82. The summed E-state index contributed by atoms with van der Waals surface area (Å²) < 4.78 is 0. The fourth-order valence-electron chi connectivity index (χ4n) is 14.6. The maximum atomic E-state index is 2.50. The van der Waals surface area contributed by atoms with Gasteiger partial charge in [0.2, 0.25) is 0 Å². The van der Waals surface area contributed by atoms with E-state index in [1.807, 2.05) is 0 Å². The lowest BCUT2D eigenvalue weighted by molar-refractivity contribution is 1.30. The monoisotopic (exact) mass is 1180 g/mol. The Bertz CT molecular complexity index is 5030. The van der Waals surface area contributed by atoms with E-state index in [9.17, 15) is 0 Å². The zero-order chi connectivity index (χ0) is 59.9. The first-order valence-electron chi connectivity index (χ1n) is 31.1. The van der Waals surface area contributed by atoms with Gasteiger partial charge < -0.3 is 9.80 Å². The van der Waals surface area contributed by atoms with E-state index in [4.69, 9.17) is 0 Å². The number of rotatable bonds is 14. The Morgan fingerprint density at radius 3 is 0.844 bits per heavy atom. The van der Waals surface area contributed by atoms with Gasteiger partial charge in [-0.2, -0.15) is 0 Å². The average Bonchev–Trinajstić information content (AvgIpc) is 0.770. The smallest absolute Gasteiger partial charge is 0.179 e. The normalized spacial score (nSPS) is 11.8. The van der Waals surface area contributed by atoms with Gasteiger partial charge in [-0.3, -0.25) is 0 Å². The Labute approximate surface area is 528 Å². The molecule has 0 aliphatic rings. The van der Waals surface area contributed by atoms with Crippen LogP contribution in [0.25, 0.3) is 53.9 Å². The molecule has 0 aromatic heterocycles.